The van der Waals surface area contributed by atoms with E-state index in [1.54, 1.807) is 0 Å². The molecule has 0 bridgehead atoms. The highest BCUT2D eigenvalue weighted by Gasteiger charge is 2.32. The maximum Gasteiger partial charge on any atom is 0.268 e. The summed E-state index contributed by atoms with van der Waals surface area (Å²) in [4.78, 5) is 23.8. The van der Waals surface area contributed by atoms with Crippen molar-refractivity contribution in [2.75, 3.05) is 0 Å². The number of allylic oxidation sites excluding steroid dienone is 1. The van der Waals surface area contributed by atoms with Crippen molar-refractivity contribution < 1.29 is 14.3 Å². The lowest BCUT2D eigenvalue weighted by molar-refractivity contribution is -0.125. The summed E-state index contributed by atoms with van der Waals surface area (Å²) < 4.78 is 5.48. The summed E-state index contributed by atoms with van der Waals surface area (Å²) in [6.07, 6.45) is 1.18. The predicted octanol–water partition coefficient (Wildman–Crippen LogP) is 2.43. The molecule has 1 atom stereocenters. The van der Waals surface area contributed by atoms with Crippen molar-refractivity contribution in [2.24, 2.45) is 5.92 Å². The Hall–Kier alpha value is -2.10. The van der Waals surface area contributed by atoms with E-state index in [1.165, 1.54) is 6.08 Å². The van der Waals surface area contributed by atoms with E-state index < -0.39 is 6.10 Å². The maximum atomic E-state index is 12.1. The average molecular weight is 287 g/mol. The highest BCUT2D eigenvalue weighted by molar-refractivity contribution is 5.94. The zero-order valence-corrected chi connectivity index (χ0v) is 12.9. The first-order valence-electron chi connectivity index (χ1n) is 7.15. The second kappa shape index (κ2) is 6.12. The standard InChI is InChI=1S/C17H21NO3/c1-10(2)16-17(20)18-15(21-16)9-14(19)8-13-7-11(3)5-6-12(13)4/h5-7,9-10,16H,8H2,1-4H3,(H,18,20)/b15-9+/t16-/m0/s1. The number of rotatable bonds is 4. The quantitative estimate of drug-likeness (QED) is 0.865. The topological polar surface area (TPSA) is 55.4 Å². The van der Waals surface area contributed by atoms with Gasteiger partial charge in [0.15, 0.2) is 17.8 Å². The highest BCUT2D eigenvalue weighted by Crippen LogP contribution is 2.18. The molecule has 1 saturated heterocycles. The zero-order chi connectivity index (χ0) is 15.6. The van der Waals surface area contributed by atoms with Gasteiger partial charge in [0.05, 0.1) is 0 Å². The van der Waals surface area contributed by atoms with Gasteiger partial charge < -0.3 is 4.74 Å². The number of carbonyl (C=O) groups is 2. The molecule has 1 aromatic rings. The maximum absolute atomic E-state index is 12.1. The van der Waals surface area contributed by atoms with Crippen LogP contribution in [0.2, 0.25) is 0 Å². The minimum atomic E-state index is -0.509. The lowest BCUT2D eigenvalue weighted by Gasteiger charge is -2.10. The average Bonchev–Trinajstić information content (AvgIpc) is 2.74. The Bertz CT molecular complexity index is 602. The Labute approximate surface area is 125 Å². The van der Waals surface area contributed by atoms with Gasteiger partial charge in [-0.15, -0.1) is 0 Å². The van der Waals surface area contributed by atoms with Gasteiger partial charge in [-0.05, 0) is 30.9 Å². The van der Waals surface area contributed by atoms with E-state index in [-0.39, 0.29) is 23.5 Å². The van der Waals surface area contributed by atoms with Crippen LogP contribution >= 0.6 is 0 Å². The minimum absolute atomic E-state index is 0.0741. The summed E-state index contributed by atoms with van der Waals surface area (Å²) in [7, 11) is 0. The smallest absolute Gasteiger partial charge is 0.268 e. The minimum Gasteiger partial charge on any atom is -0.465 e. The van der Waals surface area contributed by atoms with Crippen molar-refractivity contribution in [3.63, 3.8) is 0 Å². The van der Waals surface area contributed by atoms with Gasteiger partial charge in [-0.25, -0.2) is 0 Å². The third kappa shape index (κ3) is 3.72. The van der Waals surface area contributed by atoms with Crippen LogP contribution < -0.4 is 5.32 Å². The van der Waals surface area contributed by atoms with Gasteiger partial charge >= 0.3 is 0 Å². The van der Waals surface area contributed by atoms with Crippen LogP contribution in [0.4, 0.5) is 0 Å². The Morgan fingerprint density at radius 3 is 2.71 bits per heavy atom. The second-order valence-corrected chi connectivity index (χ2v) is 5.85. The van der Waals surface area contributed by atoms with E-state index >= 15 is 0 Å². The second-order valence-electron chi connectivity index (χ2n) is 5.85. The summed E-state index contributed by atoms with van der Waals surface area (Å²) in [6.45, 7) is 7.80. The molecular weight excluding hydrogens is 266 g/mol. The molecule has 0 spiro atoms. The molecule has 1 amide bonds. The normalized spacial score (nSPS) is 19.8. The molecule has 4 nitrogen and oxygen atoms in total. The van der Waals surface area contributed by atoms with Gasteiger partial charge in [-0.2, -0.15) is 0 Å². The van der Waals surface area contributed by atoms with Gasteiger partial charge in [-0.1, -0.05) is 37.6 Å². The molecule has 1 heterocycles. The fourth-order valence-electron chi connectivity index (χ4n) is 2.30. The molecule has 4 heteroatoms. The SMILES string of the molecule is Cc1ccc(C)c(CC(=O)/C=C2\NC(=O)[C@H](C(C)C)O2)c1. The fraction of sp³-hybridized carbons (Fsp3) is 0.412. The molecule has 1 aromatic carbocycles. The van der Waals surface area contributed by atoms with Crippen molar-refractivity contribution in [3.05, 3.63) is 46.8 Å². The summed E-state index contributed by atoms with van der Waals surface area (Å²) in [5.41, 5.74) is 3.21. The number of ether oxygens (including phenoxy) is 1. The molecule has 0 radical (unpaired) electrons. The van der Waals surface area contributed by atoms with Crippen molar-refractivity contribution in [3.8, 4) is 0 Å². The first kappa shape index (κ1) is 15.3. The van der Waals surface area contributed by atoms with E-state index in [0.717, 1.165) is 16.7 Å². The largest absolute Gasteiger partial charge is 0.465 e. The van der Waals surface area contributed by atoms with Gasteiger partial charge in [-0.3, -0.25) is 14.9 Å². The summed E-state index contributed by atoms with van der Waals surface area (Å²) in [6, 6.07) is 6.04. The van der Waals surface area contributed by atoms with Crippen molar-refractivity contribution >= 4 is 11.7 Å². The number of aryl methyl sites for hydroxylation is 2. The zero-order valence-electron chi connectivity index (χ0n) is 12.9. The molecule has 0 aromatic heterocycles. The molecule has 1 aliphatic heterocycles. The third-order valence-electron chi connectivity index (χ3n) is 3.53. The van der Waals surface area contributed by atoms with E-state index in [9.17, 15) is 9.59 Å². The number of benzene rings is 1. The lowest BCUT2D eigenvalue weighted by Crippen LogP contribution is -2.27. The number of carbonyl (C=O) groups excluding carboxylic acids is 2. The van der Waals surface area contributed by atoms with Gasteiger partial charge in [0, 0.05) is 12.5 Å². The van der Waals surface area contributed by atoms with E-state index in [1.807, 2.05) is 45.9 Å². The van der Waals surface area contributed by atoms with Crippen LogP contribution in [0.1, 0.15) is 30.5 Å². The molecule has 1 aliphatic rings. The molecule has 0 aliphatic carbocycles. The van der Waals surface area contributed by atoms with Crippen LogP contribution in [0.3, 0.4) is 0 Å². The van der Waals surface area contributed by atoms with Crippen molar-refractivity contribution in [1.82, 2.24) is 5.32 Å². The van der Waals surface area contributed by atoms with Crippen molar-refractivity contribution in [1.29, 1.82) is 0 Å². The van der Waals surface area contributed by atoms with E-state index in [2.05, 4.69) is 5.32 Å². The molecule has 21 heavy (non-hydrogen) atoms. The monoisotopic (exact) mass is 287 g/mol. The molecule has 0 saturated carbocycles. The Kier molecular flexibility index (Phi) is 4.46. The summed E-state index contributed by atoms with van der Waals surface area (Å²) in [5, 5.41) is 2.61. The molecule has 1 fully saturated rings. The van der Waals surface area contributed by atoms with Gasteiger partial charge in [0.2, 0.25) is 0 Å². The number of ketones is 1. The first-order chi connectivity index (χ1) is 9.86. The summed E-state index contributed by atoms with van der Waals surface area (Å²) in [5.74, 6) is 0.0678. The van der Waals surface area contributed by atoms with Crippen LogP contribution in [0.5, 0.6) is 0 Å². The first-order valence-corrected chi connectivity index (χ1v) is 7.15. The van der Waals surface area contributed by atoms with Crippen LogP contribution in [0.25, 0.3) is 0 Å². The van der Waals surface area contributed by atoms with Gasteiger partial charge in [0.25, 0.3) is 5.91 Å². The van der Waals surface area contributed by atoms with Crippen molar-refractivity contribution in [2.45, 2.75) is 40.2 Å². The van der Waals surface area contributed by atoms with Crippen LogP contribution in [0.15, 0.2) is 30.2 Å². The number of hydrogen-bond donors (Lipinski definition) is 1. The Morgan fingerprint density at radius 2 is 2.10 bits per heavy atom. The van der Waals surface area contributed by atoms with Gasteiger partial charge in [0.1, 0.15) is 0 Å². The Morgan fingerprint density at radius 1 is 1.38 bits per heavy atom. The fourth-order valence-corrected chi connectivity index (χ4v) is 2.30. The van der Waals surface area contributed by atoms with E-state index in [4.69, 9.17) is 4.74 Å². The van der Waals surface area contributed by atoms with E-state index in [0.29, 0.717) is 6.42 Å². The molecule has 1 N–H and O–H groups in total. The Balaban J connectivity index is 2.07. The highest BCUT2D eigenvalue weighted by atomic mass is 16.5. The molecule has 0 unspecified atom stereocenters. The van der Waals surface area contributed by atoms with Crippen LogP contribution in [-0.2, 0) is 20.7 Å². The predicted molar refractivity (Wildman–Crippen MR) is 80.6 cm³/mol. The number of nitrogens with one attached hydrogen (secondary N) is 1. The third-order valence-corrected chi connectivity index (χ3v) is 3.53. The number of amides is 1. The molecule has 112 valence electrons. The molecule has 2 rings (SSSR count). The summed E-state index contributed by atoms with van der Waals surface area (Å²) >= 11 is 0. The number of hydrogen-bond acceptors (Lipinski definition) is 3. The lowest BCUT2D eigenvalue weighted by atomic mass is 10.0. The molecular formula is C17H21NO3. The van der Waals surface area contributed by atoms with Crippen LogP contribution in [-0.4, -0.2) is 17.8 Å². The van der Waals surface area contributed by atoms with Crippen LogP contribution in [0, 0.1) is 19.8 Å².